The Labute approximate surface area is 172 Å². The lowest BCUT2D eigenvalue weighted by molar-refractivity contribution is 0.670. The van der Waals surface area contributed by atoms with Gasteiger partial charge in [0.1, 0.15) is 17.5 Å². The first kappa shape index (κ1) is 16.9. The summed E-state index contributed by atoms with van der Waals surface area (Å²) in [7, 11) is 0. The summed E-state index contributed by atoms with van der Waals surface area (Å²) in [6.45, 7) is 2.11. The minimum absolute atomic E-state index is 0.859. The molecule has 4 nitrogen and oxygen atoms in total. The number of furan rings is 1. The maximum atomic E-state index is 6.27. The zero-order chi connectivity index (χ0) is 20.1. The second kappa shape index (κ2) is 6.49. The molecule has 0 aliphatic heterocycles. The molecule has 142 valence electrons. The largest absolute Gasteiger partial charge is 0.455 e. The van der Waals surface area contributed by atoms with Crippen LogP contribution >= 0.6 is 0 Å². The number of nitrogens with zero attached hydrogens (tertiary/aromatic N) is 3. The van der Waals surface area contributed by atoms with Crippen LogP contribution in [0, 0.1) is 6.92 Å². The van der Waals surface area contributed by atoms with Crippen LogP contribution in [-0.2, 0) is 0 Å². The van der Waals surface area contributed by atoms with E-state index in [1.807, 2.05) is 30.5 Å². The zero-order valence-corrected chi connectivity index (χ0v) is 16.3. The van der Waals surface area contributed by atoms with Crippen molar-refractivity contribution in [3.05, 3.63) is 91.0 Å². The van der Waals surface area contributed by atoms with Crippen LogP contribution in [0.5, 0.6) is 0 Å². The molecule has 0 radical (unpaired) electrons. The Balaban J connectivity index is 1.62. The Morgan fingerprint density at radius 2 is 1.70 bits per heavy atom. The summed E-state index contributed by atoms with van der Waals surface area (Å²) in [6, 6.07) is 22.7. The molecule has 0 bridgehead atoms. The van der Waals surface area contributed by atoms with E-state index in [0.717, 1.165) is 55.2 Å². The van der Waals surface area contributed by atoms with E-state index in [1.54, 1.807) is 12.5 Å². The predicted molar refractivity (Wildman–Crippen MR) is 120 cm³/mol. The van der Waals surface area contributed by atoms with Crippen LogP contribution in [0.4, 0.5) is 0 Å². The Morgan fingerprint density at radius 3 is 2.60 bits per heavy atom. The van der Waals surface area contributed by atoms with Crippen LogP contribution in [0.2, 0.25) is 0 Å². The van der Waals surface area contributed by atoms with Crippen molar-refractivity contribution >= 4 is 32.8 Å². The average molecular weight is 387 g/mol. The minimum atomic E-state index is 0.859. The third-order valence-electron chi connectivity index (χ3n) is 5.51. The monoisotopic (exact) mass is 387 g/mol. The quantitative estimate of drug-likeness (QED) is 0.337. The number of benzene rings is 3. The van der Waals surface area contributed by atoms with Crippen LogP contribution in [0.3, 0.4) is 0 Å². The van der Waals surface area contributed by atoms with Gasteiger partial charge in [-0.15, -0.1) is 0 Å². The number of hydrogen-bond donors (Lipinski definition) is 0. The number of para-hydroxylation sites is 1. The number of pyridine rings is 1. The molecule has 0 aliphatic carbocycles. The standard InChI is InChI=1S/C26H17N3O/c1-16-11-21-19-6-2-3-7-24(19)30-26(21)22(12-16)25-20-9-8-17(13-23(20)28-15-29-25)18-5-4-10-27-14-18/h2-15H,1H3. The topological polar surface area (TPSA) is 51.8 Å². The molecule has 3 heterocycles. The summed E-state index contributed by atoms with van der Waals surface area (Å²) in [5.41, 5.74) is 7.83. The Kier molecular flexibility index (Phi) is 3.65. The molecular formula is C26H17N3O. The van der Waals surface area contributed by atoms with E-state index < -0.39 is 0 Å². The van der Waals surface area contributed by atoms with Crippen molar-refractivity contribution < 1.29 is 4.42 Å². The zero-order valence-electron chi connectivity index (χ0n) is 16.3. The molecule has 4 heteroatoms. The number of hydrogen-bond acceptors (Lipinski definition) is 4. The van der Waals surface area contributed by atoms with E-state index in [1.165, 1.54) is 5.56 Å². The molecule has 3 aromatic carbocycles. The Bertz CT molecular complexity index is 1550. The molecule has 6 aromatic rings. The summed E-state index contributed by atoms with van der Waals surface area (Å²) in [4.78, 5) is 13.4. The van der Waals surface area contributed by atoms with Crippen molar-refractivity contribution in [2.24, 2.45) is 0 Å². The highest BCUT2D eigenvalue weighted by molar-refractivity contribution is 6.11. The molecular weight excluding hydrogens is 370 g/mol. The highest BCUT2D eigenvalue weighted by atomic mass is 16.3. The van der Waals surface area contributed by atoms with Crippen LogP contribution in [0.15, 0.2) is 89.9 Å². The fraction of sp³-hybridized carbons (Fsp3) is 0.0385. The molecule has 0 amide bonds. The van der Waals surface area contributed by atoms with Crippen molar-refractivity contribution in [3.8, 4) is 22.4 Å². The molecule has 3 aromatic heterocycles. The van der Waals surface area contributed by atoms with Crippen LogP contribution < -0.4 is 0 Å². The lowest BCUT2D eigenvalue weighted by Gasteiger charge is -2.09. The molecule has 0 saturated carbocycles. The highest BCUT2D eigenvalue weighted by Gasteiger charge is 2.16. The Morgan fingerprint density at radius 1 is 0.767 bits per heavy atom. The van der Waals surface area contributed by atoms with E-state index in [4.69, 9.17) is 4.42 Å². The van der Waals surface area contributed by atoms with Gasteiger partial charge in [-0.25, -0.2) is 9.97 Å². The first-order valence-corrected chi connectivity index (χ1v) is 9.85. The van der Waals surface area contributed by atoms with Gasteiger partial charge in [-0.3, -0.25) is 4.98 Å². The SMILES string of the molecule is Cc1cc(-c2ncnc3cc(-c4cccnc4)ccc23)c2oc3ccccc3c2c1. The van der Waals surface area contributed by atoms with Crippen molar-refractivity contribution in [2.75, 3.05) is 0 Å². The normalized spacial score (nSPS) is 11.5. The molecule has 0 fully saturated rings. The van der Waals surface area contributed by atoms with Crippen LogP contribution in [0.25, 0.3) is 55.2 Å². The summed E-state index contributed by atoms with van der Waals surface area (Å²) in [5.74, 6) is 0. The molecule has 0 saturated heterocycles. The first-order valence-electron chi connectivity index (χ1n) is 9.85. The van der Waals surface area contributed by atoms with Crippen molar-refractivity contribution in [3.63, 3.8) is 0 Å². The van der Waals surface area contributed by atoms with Crippen LogP contribution in [0.1, 0.15) is 5.56 Å². The fourth-order valence-electron chi connectivity index (χ4n) is 4.13. The molecule has 0 unspecified atom stereocenters. The third kappa shape index (κ3) is 2.58. The highest BCUT2D eigenvalue weighted by Crippen LogP contribution is 2.38. The van der Waals surface area contributed by atoms with Gasteiger partial charge in [0.2, 0.25) is 0 Å². The fourth-order valence-corrected chi connectivity index (χ4v) is 4.13. The van der Waals surface area contributed by atoms with Gasteiger partial charge in [-0.1, -0.05) is 30.3 Å². The van der Waals surface area contributed by atoms with Gasteiger partial charge in [-0.2, -0.15) is 0 Å². The van der Waals surface area contributed by atoms with Gasteiger partial charge in [-0.05, 0) is 54.4 Å². The Hall–Kier alpha value is -4.05. The maximum Gasteiger partial charge on any atom is 0.144 e. The van der Waals surface area contributed by atoms with Gasteiger partial charge in [0.05, 0.1) is 11.2 Å². The third-order valence-corrected chi connectivity index (χ3v) is 5.51. The number of aryl methyl sites for hydroxylation is 1. The van der Waals surface area contributed by atoms with Gasteiger partial charge in [0, 0.05) is 39.7 Å². The molecule has 0 N–H and O–H groups in total. The van der Waals surface area contributed by atoms with Gasteiger partial charge in [0.15, 0.2) is 0 Å². The molecule has 30 heavy (non-hydrogen) atoms. The first-order chi connectivity index (χ1) is 14.8. The van der Waals surface area contributed by atoms with Crippen molar-refractivity contribution in [1.82, 2.24) is 15.0 Å². The van der Waals surface area contributed by atoms with Gasteiger partial charge >= 0.3 is 0 Å². The lowest BCUT2D eigenvalue weighted by Crippen LogP contribution is -1.91. The summed E-state index contributed by atoms with van der Waals surface area (Å²) < 4.78 is 6.27. The van der Waals surface area contributed by atoms with E-state index in [-0.39, 0.29) is 0 Å². The molecule has 0 aliphatic rings. The lowest BCUT2D eigenvalue weighted by atomic mass is 9.99. The summed E-state index contributed by atoms with van der Waals surface area (Å²) >= 11 is 0. The molecule has 0 spiro atoms. The second-order valence-electron chi connectivity index (χ2n) is 7.48. The smallest absolute Gasteiger partial charge is 0.144 e. The molecule has 6 rings (SSSR count). The number of rotatable bonds is 2. The predicted octanol–water partition coefficient (Wildman–Crippen LogP) is 6.57. The van der Waals surface area contributed by atoms with Gasteiger partial charge < -0.3 is 4.42 Å². The van der Waals surface area contributed by atoms with Crippen molar-refractivity contribution in [1.29, 1.82) is 0 Å². The average Bonchev–Trinajstić information content (AvgIpc) is 3.17. The molecule has 0 atom stereocenters. The van der Waals surface area contributed by atoms with Crippen LogP contribution in [-0.4, -0.2) is 15.0 Å². The van der Waals surface area contributed by atoms with Crippen molar-refractivity contribution in [2.45, 2.75) is 6.92 Å². The van der Waals surface area contributed by atoms with E-state index in [9.17, 15) is 0 Å². The maximum absolute atomic E-state index is 6.27. The van der Waals surface area contributed by atoms with E-state index in [2.05, 4.69) is 64.3 Å². The van der Waals surface area contributed by atoms with Gasteiger partial charge in [0.25, 0.3) is 0 Å². The minimum Gasteiger partial charge on any atom is -0.455 e. The second-order valence-corrected chi connectivity index (χ2v) is 7.48. The van der Waals surface area contributed by atoms with E-state index in [0.29, 0.717) is 0 Å². The number of aromatic nitrogens is 3. The number of fused-ring (bicyclic) bond motifs is 4. The van der Waals surface area contributed by atoms with E-state index >= 15 is 0 Å². The summed E-state index contributed by atoms with van der Waals surface area (Å²) in [6.07, 6.45) is 5.27. The summed E-state index contributed by atoms with van der Waals surface area (Å²) in [5, 5.41) is 3.23.